The minimum absolute atomic E-state index is 0.258. The van der Waals surface area contributed by atoms with Crippen LogP contribution in [0.2, 0.25) is 0 Å². The van der Waals surface area contributed by atoms with Crippen molar-refractivity contribution in [2.45, 2.75) is 62.3 Å². The van der Waals surface area contributed by atoms with Crippen LogP contribution in [-0.2, 0) is 16.7 Å². The zero-order valence-corrected chi connectivity index (χ0v) is 18.4. The van der Waals surface area contributed by atoms with Crippen LogP contribution in [0.1, 0.15) is 43.2 Å². The molecule has 0 unspecified atom stereocenters. The Morgan fingerprint density at radius 1 is 1.00 bits per heavy atom. The number of hydrogen-bond donors (Lipinski definition) is 0. The molecule has 1 saturated carbocycles. The zero-order chi connectivity index (χ0) is 20.6. The minimum atomic E-state index is 0.258. The molecule has 162 valence electrons. The Morgan fingerprint density at radius 2 is 1.87 bits per heavy atom. The van der Waals surface area contributed by atoms with Gasteiger partial charge in [0.05, 0.1) is 13.2 Å². The monoisotopic (exact) mass is 416 g/mol. The van der Waals surface area contributed by atoms with E-state index in [1.54, 1.807) is 12.7 Å². The predicted molar refractivity (Wildman–Crippen MR) is 122 cm³/mol. The van der Waals surface area contributed by atoms with Crippen LogP contribution < -0.4 is 9.64 Å². The lowest BCUT2D eigenvalue weighted by Gasteiger charge is -2.59. The zero-order valence-electron chi connectivity index (χ0n) is 18.4. The van der Waals surface area contributed by atoms with Gasteiger partial charge in [0.25, 0.3) is 0 Å². The number of nitrogens with zero attached hydrogens (tertiary/aromatic N) is 2. The number of fused-ring (bicyclic) bond motifs is 1. The Bertz CT molecular complexity index is 1010. The molecule has 1 aliphatic carbocycles. The van der Waals surface area contributed by atoms with Gasteiger partial charge in [0.15, 0.2) is 0 Å². The molecule has 0 bridgehead atoms. The molecular weight excluding hydrogens is 384 g/mol. The van der Waals surface area contributed by atoms with E-state index in [4.69, 9.17) is 9.47 Å². The average Bonchev–Trinajstić information content (AvgIpc) is 3.49. The molecule has 4 fully saturated rings. The fourth-order valence-electron chi connectivity index (χ4n) is 8.46. The molecule has 5 aliphatic rings. The SMILES string of the molecule is COc1ccc(CN2c3ccccc3[C@@]34CCN5CC[C@@H]6OCC[C@]6(CC[C@H]23)[C@H]54)cc1. The van der Waals surface area contributed by atoms with Crippen molar-refractivity contribution in [3.63, 3.8) is 0 Å². The lowest BCUT2D eigenvalue weighted by atomic mass is 9.52. The first-order valence-corrected chi connectivity index (χ1v) is 12.1. The van der Waals surface area contributed by atoms with Crippen LogP contribution in [0.5, 0.6) is 5.75 Å². The highest BCUT2D eigenvalue weighted by molar-refractivity contribution is 5.67. The summed E-state index contributed by atoms with van der Waals surface area (Å²) in [5.41, 5.74) is 5.09. The van der Waals surface area contributed by atoms with Crippen LogP contribution in [0.25, 0.3) is 0 Å². The largest absolute Gasteiger partial charge is 0.497 e. The molecule has 4 heteroatoms. The number of para-hydroxylation sites is 1. The number of rotatable bonds is 3. The molecule has 4 heterocycles. The summed E-state index contributed by atoms with van der Waals surface area (Å²) in [7, 11) is 1.74. The predicted octanol–water partition coefficient (Wildman–Crippen LogP) is 4.37. The van der Waals surface area contributed by atoms with Gasteiger partial charge < -0.3 is 14.4 Å². The Hall–Kier alpha value is -2.04. The van der Waals surface area contributed by atoms with Gasteiger partial charge in [-0.25, -0.2) is 0 Å². The van der Waals surface area contributed by atoms with E-state index in [-0.39, 0.29) is 5.41 Å². The number of ether oxygens (including phenoxy) is 2. The Labute approximate surface area is 185 Å². The Kier molecular flexibility index (Phi) is 3.88. The topological polar surface area (TPSA) is 24.9 Å². The molecule has 7 rings (SSSR count). The van der Waals surface area contributed by atoms with Crippen molar-refractivity contribution in [3.05, 3.63) is 59.7 Å². The first-order valence-electron chi connectivity index (χ1n) is 12.1. The first kappa shape index (κ1) is 18.5. The molecule has 0 radical (unpaired) electrons. The highest BCUT2D eigenvalue weighted by Crippen LogP contribution is 2.67. The number of benzene rings is 2. The second-order valence-electron chi connectivity index (χ2n) is 10.4. The molecule has 4 aliphatic heterocycles. The van der Waals surface area contributed by atoms with Gasteiger partial charge in [0.2, 0.25) is 0 Å². The molecule has 4 nitrogen and oxygen atoms in total. The second-order valence-corrected chi connectivity index (χ2v) is 10.4. The number of methoxy groups -OCH3 is 1. The van der Waals surface area contributed by atoms with Crippen LogP contribution in [0.15, 0.2) is 48.5 Å². The highest BCUT2D eigenvalue weighted by atomic mass is 16.5. The number of hydrogen-bond acceptors (Lipinski definition) is 4. The molecule has 3 saturated heterocycles. The summed E-state index contributed by atoms with van der Waals surface area (Å²) in [6.45, 7) is 4.41. The fourth-order valence-corrected chi connectivity index (χ4v) is 8.46. The summed E-state index contributed by atoms with van der Waals surface area (Å²) in [6, 6.07) is 19.2. The van der Waals surface area contributed by atoms with Crippen LogP contribution in [0.3, 0.4) is 0 Å². The molecule has 0 aromatic heterocycles. The summed E-state index contributed by atoms with van der Waals surface area (Å²) < 4.78 is 11.8. The van der Waals surface area contributed by atoms with Gasteiger partial charge in [-0.15, -0.1) is 0 Å². The number of anilines is 1. The van der Waals surface area contributed by atoms with E-state index in [1.165, 1.54) is 56.4 Å². The third-order valence-electron chi connectivity index (χ3n) is 9.50. The third kappa shape index (κ3) is 2.28. The van der Waals surface area contributed by atoms with E-state index in [0.29, 0.717) is 23.6 Å². The maximum atomic E-state index is 6.37. The third-order valence-corrected chi connectivity index (χ3v) is 9.50. The van der Waals surface area contributed by atoms with Crippen molar-refractivity contribution in [2.24, 2.45) is 5.41 Å². The average molecular weight is 417 g/mol. The Balaban J connectivity index is 1.34. The van der Waals surface area contributed by atoms with E-state index in [2.05, 4.69) is 58.3 Å². The quantitative estimate of drug-likeness (QED) is 0.742. The van der Waals surface area contributed by atoms with E-state index in [1.807, 2.05) is 0 Å². The molecule has 0 amide bonds. The van der Waals surface area contributed by atoms with Crippen molar-refractivity contribution in [1.29, 1.82) is 0 Å². The lowest BCUT2D eigenvalue weighted by Crippen LogP contribution is -2.67. The van der Waals surface area contributed by atoms with Crippen LogP contribution >= 0.6 is 0 Å². The summed E-state index contributed by atoms with van der Waals surface area (Å²) in [5, 5.41) is 0. The molecule has 31 heavy (non-hydrogen) atoms. The number of piperidine rings is 1. The van der Waals surface area contributed by atoms with Crippen molar-refractivity contribution >= 4 is 5.69 Å². The van der Waals surface area contributed by atoms with Gasteiger partial charge >= 0.3 is 0 Å². The smallest absolute Gasteiger partial charge is 0.118 e. The first-order chi connectivity index (χ1) is 15.3. The van der Waals surface area contributed by atoms with Crippen LogP contribution in [0, 0.1) is 5.41 Å². The Morgan fingerprint density at radius 3 is 2.74 bits per heavy atom. The second kappa shape index (κ2) is 6.49. The summed E-state index contributed by atoms with van der Waals surface area (Å²) in [5.74, 6) is 0.933. The fraction of sp³-hybridized carbons (Fsp3) is 0.556. The molecule has 2 aromatic carbocycles. The van der Waals surface area contributed by atoms with Crippen molar-refractivity contribution < 1.29 is 9.47 Å². The summed E-state index contributed by atoms with van der Waals surface area (Å²) >= 11 is 0. The van der Waals surface area contributed by atoms with Gasteiger partial charge in [-0.05, 0) is 68.0 Å². The maximum Gasteiger partial charge on any atom is 0.118 e. The molecule has 2 spiro atoms. The molecule has 0 N–H and O–H groups in total. The van der Waals surface area contributed by atoms with Crippen LogP contribution in [-0.4, -0.2) is 49.9 Å². The van der Waals surface area contributed by atoms with Crippen molar-refractivity contribution in [2.75, 3.05) is 31.7 Å². The minimum Gasteiger partial charge on any atom is -0.497 e. The van der Waals surface area contributed by atoms with Crippen molar-refractivity contribution in [3.8, 4) is 5.75 Å². The lowest BCUT2D eigenvalue weighted by molar-refractivity contribution is -0.0870. The van der Waals surface area contributed by atoms with Gasteiger partial charge in [-0.3, -0.25) is 4.90 Å². The molecular formula is C27H32N2O2. The van der Waals surface area contributed by atoms with Gasteiger partial charge in [0, 0.05) is 48.3 Å². The van der Waals surface area contributed by atoms with Gasteiger partial charge in [-0.1, -0.05) is 30.3 Å². The maximum absolute atomic E-state index is 6.37. The molecule has 5 atom stereocenters. The normalized spacial score (nSPS) is 37.8. The van der Waals surface area contributed by atoms with Crippen molar-refractivity contribution in [1.82, 2.24) is 4.90 Å². The summed E-state index contributed by atoms with van der Waals surface area (Å²) in [4.78, 5) is 5.62. The van der Waals surface area contributed by atoms with E-state index in [9.17, 15) is 0 Å². The van der Waals surface area contributed by atoms with E-state index >= 15 is 0 Å². The van der Waals surface area contributed by atoms with E-state index in [0.717, 1.165) is 18.9 Å². The van der Waals surface area contributed by atoms with Gasteiger partial charge in [0.1, 0.15) is 5.75 Å². The standard InChI is InChI=1S/C27H32N2O2/c1-30-20-8-6-19(7-9-20)18-29-22-5-3-2-4-21(22)27-13-16-28-15-11-24-26(25(27)28,14-17-31-24)12-10-23(27)29/h2-9,23-25H,10-18H2,1H3/t23-,24-,25-,26-,27-/m0/s1. The van der Waals surface area contributed by atoms with Crippen LogP contribution in [0.4, 0.5) is 5.69 Å². The highest BCUT2D eigenvalue weighted by Gasteiger charge is 2.71. The van der Waals surface area contributed by atoms with E-state index < -0.39 is 0 Å². The summed E-state index contributed by atoms with van der Waals surface area (Å²) in [6.07, 6.45) is 6.87. The molecule has 2 aromatic rings. The van der Waals surface area contributed by atoms with Gasteiger partial charge in [-0.2, -0.15) is 0 Å².